The lowest BCUT2D eigenvalue weighted by molar-refractivity contribution is 0.171. The van der Waals surface area contributed by atoms with Crippen molar-refractivity contribution in [3.05, 3.63) is 20.8 Å². The summed E-state index contributed by atoms with van der Waals surface area (Å²) in [4.78, 5) is 0. The zero-order valence-corrected chi connectivity index (χ0v) is 8.36. The van der Waals surface area contributed by atoms with Gasteiger partial charge in [0, 0.05) is 0 Å². The molecule has 0 radical (unpaired) electrons. The monoisotopic (exact) mass is 235 g/mol. The normalized spacial score (nSPS) is 13.4. The van der Waals surface area contributed by atoms with Crippen molar-refractivity contribution in [1.82, 2.24) is 0 Å². The van der Waals surface area contributed by atoms with Gasteiger partial charge in [-0.25, -0.2) is 0 Å². The summed E-state index contributed by atoms with van der Waals surface area (Å²) in [6.07, 6.45) is 0.228. The highest BCUT2D eigenvalue weighted by molar-refractivity contribution is 9.11. The van der Waals surface area contributed by atoms with Gasteiger partial charge in [-0.15, -0.1) is 11.3 Å². The minimum atomic E-state index is -0.400. The topological polar surface area (TPSA) is 46.2 Å². The lowest BCUT2D eigenvalue weighted by Gasteiger charge is -2.04. The summed E-state index contributed by atoms with van der Waals surface area (Å²) in [5, 5.41) is 11.4. The zero-order chi connectivity index (χ0) is 8.27. The maximum absolute atomic E-state index is 9.44. The average molecular weight is 236 g/mol. The fraction of sp³-hybridized carbons (Fsp3) is 0.429. The van der Waals surface area contributed by atoms with Crippen molar-refractivity contribution in [3.8, 4) is 0 Å². The van der Waals surface area contributed by atoms with Crippen molar-refractivity contribution in [1.29, 1.82) is 0 Å². The van der Waals surface area contributed by atoms with Crippen LogP contribution in [0.25, 0.3) is 0 Å². The molecule has 0 saturated carbocycles. The Bertz CT molecular complexity index is 226. The number of rotatable bonds is 3. The van der Waals surface area contributed by atoms with Gasteiger partial charge in [-0.1, -0.05) is 0 Å². The molecule has 0 bridgehead atoms. The average Bonchev–Trinajstić information content (AvgIpc) is 2.36. The predicted molar refractivity (Wildman–Crippen MR) is 50.7 cm³/mol. The molecule has 1 aromatic heterocycles. The minimum absolute atomic E-state index is 0.400. The second kappa shape index (κ2) is 4.21. The van der Waals surface area contributed by atoms with E-state index in [1.54, 1.807) is 11.3 Å². The molecule has 3 N–H and O–H groups in total. The third-order valence-corrected chi connectivity index (χ3v) is 2.94. The summed E-state index contributed by atoms with van der Waals surface area (Å²) < 4.78 is 1.04. The number of nitrogens with two attached hydrogens (primary N) is 1. The van der Waals surface area contributed by atoms with Crippen LogP contribution in [0.4, 0.5) is 0 Å². The van der Waals surface area contributed by atoms with E-state index in [-0.39, 0.29) is 0 Å². The molecule has 0 aromatic carbocycles. The Hall–Kier alpha value is 0.100. The van der Waals surface area contributed by atoms with Gasteiger partial charge in [0.05, 0.1) is 9.89 Å². The summed E-state index contributed by atoms with van der Waals surface area (Å²) in [6, 6.07) is 1.92. The summed E-state index contributed by atoms with van der Waals surface area (Å²) in [5.41, 5.74) is 6.26. The Morgan fingerprint density at radius 2 is 2.45 bits per heavy atom. The van der Waals surface area contributed by atoms with E-state index < -0.39 is 6.10 Å². The second-order valence-electron chi connectivity index (χ2n) is 2.28. The number of hydrogen-bond donors (Lipinski definition) is 2. The van der Waals surface area contributed by atoms with E-state index in [2.05, 4.69) is 15.9 Å². The van der Waals surface area contributed by atoms with Crippen LogP contribution in [0.15, 0.2) is 15.2 Å². The van der Waals surface area contributed by atoms with E-state index >= 15 is 0 Å². The van der Waals surface area contributed by atoms with Gasteiger partial charge in [0.1, 0.15) is 0 Å². The number of thiophene rings is 1. The Kier molecular flexibility index (Phi) is 3.51. The highest BCUT2D eigenvalue weighted by Crippen LogP contribution is 2.26. The van der Waals surface area contributed by atoms with E-state index in [0.717, 1.165) is 9.35 Å². The second-order valence-corrected chi connectivity index (χ2v) is 4.57. The fourth-order valence-corrected chi connectivity index (χ4v) is 2.05. The van der Waals surface area contributed by atoms with Crippen molar-refractivity contribution in [2.45, 2.75) is 12.5 Å². The maximum Gasteiger partial charge on any atom is 0.0810 e. The van der Waals surface area contributed by atoms with Crippen LogP contribution in [-0.4, -0.2) is 11.7 Å². The van der Waals surface area contributed by atoms with Crippen molar-refractivity contribution in [2.75, 3.05) is 6.54 Å². The number of hydrogen-bond acceptors (Lipinski definition) is 3. The molecule has 0 aliphatic heterocycles. The first-order valence-electron chi connectivity index (χ1n) is 3.36. The Morgan fingerprint density at radius 3 is 2.91 bits per heavy atom. The summed E-state index contributed by atoms with van der Waals surface area (Å²) in [7, 11) is 0. The molecule has 1 aromatic rings. The van der Waals surface area contributed by atoms with Gasteiger partial charge < -0.3 is 10.8 Å². The van der Waals surface area contributed by atoms with Crippen molar-refractivity contribution in [2.24, 2.45) is 5.73 Å². The van der Waals surface area contributed by atoms with Crippen LogP contribution in [-0.2, 0) is 0 Å². The molecule has 0 aliphatic rings. The van der Waals surface area contributed by atoms with Crippen molar-refractivity contribution >= 4 is 27.3 Å². The maximum atomic E-state index is 9.44. The number of halogens is 1. The van der Waals surface area contributed by atoms with E-state index in [0.29, 0.717) is 13.0 Å². The molecular weight excluding hydrogens is 226 g/mol. The van der Waals surface area contributed by atoms with Crippen molar-refractivity contribution in [3.63, 3.8) is 0 Å². The van der Waals surface area contributed by atoms with Gasteiger partial charge in [0.25, 0.3) is 0 Å². The van der Waals surface area contributed by atoms with Gasteiger partial charge >= 0.3 is 0 Å². The standard InChI is InChI=1S/C7H10BrNOS/c8-7-3-5(4-11-7)6(10)1-2-9/h3-4,6,10H,1-2,9H2. The van der Waals surface area contributed by atoms with Crippen LogP contribution in [0, 0.1) is 0 Å². The van der Waals surface area contributed by atoms with Gasteiger partial charge in [0.2, 0.25) is 0 Å². The molecule has 11 heavy (non-hydrogen) atoms. The molecule has 2 nitrogen and oxygen atoms in total. The van der Waals surface area contributed by atoms with Crippen LogP contribution in [0.3, 0.4) is 0 Å². The van der Waals surface area contributed by atoms with Crippen molar-refractivity contribution < 1.29 is 5.11 Å². The summed E-state index contributed by atoms with van der Waals surface area (Å²) in [5.74, 6) is 0. The van der Waals surface area contributed by atoms with E-state index in [9.17, 15) is 5.11 Å². The van der Waals surface area contributed by atoms with Gasteiger partial charge in [-0.2, -0.15) is 0 Å². The summed E-state index contributed by atoms with van der Waals surface area (Å²) in [6.45, 7) is 0.522. The van der Waals surface area contributed by atoms with Gasteiger partial charge in [0.15, 0.2) is 0 Å². The van der Waals surface area contributed by atoms with Crippen LogP contribution in [0.1, 0.15) is 18.1 Å². The molecule has 62 valence electrons. The highest BCUT2D eigenvalue weighted by atomic mass is 79.9. The predicted octanol–water partition coefficient (Wildman–Crippen LogP) is 1.89. The first-order chi connectivity index (χ1) is 5.24. The minimum Gasteiger partial charge on any atom is -0.388 e. The van der Waals surface area contributed by atoms with Gasteiger partial charge in [-0.3, -0.25) is 0 Å². The Morgan fingerprint density at radius 1 is 1.73 bits per heavy atom. The third kappa shape index (κ3) is 2.56. The Balaban J connectivity index is 2.60. The van der Waals surface area contributed by atoms with Gasteiger partial charge in [-0.05, 0) is 45.9 Å². The molecular formula is C7H10BrNOS. The largest absolute Gasteiger partial charge is 0.388 e. The molecule has 4 heteroatoms. The number of aliphatic hydroxyl groups is 1. The SMILES string of the molecule is NCCC(O)c1csc(Br)c1. The molecule has 1 heterocycles. The lowest BCUT2D eigenvalue weighted by atomic mass is 10.1. The van der Waals surface area contributed by atoms with E-state index in [4.69, 9.17) is 5.73 Å². The van der Waals surface area contributed by atoms with Crippen LogP contribution < -0.4 is 5.73 Å². The highest BCUT2D eigenvalue weighted by Gasteiger charge is 2.07. The molecule has 0 fully saturated rings. The molecule has 1 atom stereocenters. The quantitative estimate of drug-likeness (QED) is 0.841. The molecule has 1 unspecified atom stereocenters. The smallest absolute Gasteiger partial charge is 0.0810 e. The van der Waals surface area contributed by atoms with Crippen LogP contribution in [0.2, 0.25) is 0 Å². The third-order valence-electron chi connectivity index (χ3n) is 1.41. The van der Waals surface area contributed by atoms with E-state index in [1.165, 1.54) is 0 Å². The zero-order valence-electron chi connectivity index (χ0n) is 5.96. The van der Waals surface area contributed by atoms with E-state index in [1.807, 2.05) is 11.4 Å². The number of aliphatic hydroxyl groups excluding tert-OH is 1. The Labute approximate surface area is 78.2 Å². The van der Waals surface area contributed by atoms with Crippen LogP contribution in [0.5, 0.6) is 0 Å². The molecule has 0 aliphatic carbocycles. The fourth-order valence-electron chi connectivity index (χ4n) is 0.823. The lowest BCUT2D eigenvalue weighted by Crippen LogP contribution is -2.05. The molecule has 0 amide bonds. The first-order valence-corrected chi connectivity index (χ1v) is 5.03. The summed E-state index contributed by atoms with van der Waals surface area (Å²) >= 11 is 4.90. The first kappa shape index (κ1) is 9.19. The molecule has 0 spiro atoms. The molecule has 0 saturated heterocycles. The molecule has 1 rings (SSSR count). The van der Waals surface area contributed by atoms with Crippen LogP contribution >= 0.6 is 27.3 Å².